The van der Waals surface area contributed by atoms with E-state index in [1.54, 1.807) is 0 Å². The largest absolute Gasteiger partial charge is 0.381 e. The highest BCUT2D eigenvalue weighted by Gasteiger charge is 2.23. The van der Waals surface area contributed by atoms with Crippen molar-refractivity contribution in [1.29, 1.82) is 0 Å². The average molecular weight is 312 g/mol. The first-order valence-electron chi connectivity index (χ1n) is 6.74. The normalized spacial score (nSPS) is 25.9. The van der Waals surface area contributed by atoms with E-state index in [9.17, 15) is 0 Å². The Labute approximate surface area is 118 Å². The van der Waals surface area contributed by atoms with Gasteiger partial charge < -0.3 is 10.1 Å². The zero-order valence-corrected chi connectivity index (χ0v) is 12.7. The molecule has 2 unspecified atom stereocenters. The third-order valence-electron chi connectivity index (χ3n) is 3.82. The van der Waals surface area contributed by atoms with E-state index in [1.807, 2.05) is 7.11 Å². The van der Waals surface area contributed by atoms with Crippen LogP contribution in [0.4, 0.5) is 0 Å². The summed E-state index contributed by atoms with van der Waals surface area (Å²) in [6.07, 6.45) is 5.29. The summed E-state index contributed by atoms with van der Waals surface area (Å²) in [5, 5.41) is 3.73. The van der Waals surface area contributed by atoms with E-state index in [-0.39, 0.29) is 0 Å². The molecule has 1 fully saturated rings. The van der Waals surface area contributed by atoms with Crippen LogP contribution in [0.3, 0.4) is 0 Å². The molecule has 0 bridgehead atoms. The second-order valence-electron chi connectivity index (χ2n) is 5.13. The molecule has 0 spiro atoms. The van der Waals surface area contributed by atoms with Gasteiger partial charge in [0.1, 0.15) is 0 Å². The Kier molecular flexibility index (Phi) is 5.22. The van der Waals surface area contributed by atoms with E-state index in [0.717, 1.165) is 6.42 Å². The highest BCUT2D eigenvalue weighted by molar-refractivity contribution is 9.10. The van der Waals surface area contributed by atoms with Crippen LogP contribution in [0.5, 0.6) is 0 Å². The van der Waals surface area contributed by atoms with Crippen molar-refractivity contribution in [3.8, 4) is 0 Å². The molecule has 1 aromatic rings. The SMILES string of the molecule is COC1CCCC(N[C@H](C)c2ccccc2Br)C1. The standard InChI is InChI=1S/C15H22BrNO/c1-11(14-8-3-4-9-15(14)16)17-12-6-5-7-13(10-12)18-2/h3-4,8-9,11-13,17H,5-7,10H2,1-2H3/t11-,12?,13?/m1/s1. The molecule has 18 heavy (non-hydrogen) atoms. The van der Waals surface area contributed by atoms with E-state index in [1.165, 1.54) is 29.3 Å². The lowest BCUT2D eigenvalue weighted by Gasteiger charge is -2.31. The van der Waals surface area contributed by atoms with Gasteiger partial charge >= 0.3 is 0 Å². The number of benzene rings is 1. The minimum absolute atomic E-state index is 0.376. The van der Waals surface area contributed by atoms with E-state index in [0.29, 0.717) is 18.2 Å². The molecule has 1 aliphatic rings. The third-order valence-corrected chi connectivity index (χ3v) is 4.54. The second-order valence-corrected chi connectivity index (χ2v) is 5.99. The van der Waals surface area contributed by atoms with Gasteiger partial charge in [0.05, 0.1) is 6.10 Å². The van der Waals surface area contributed by atoms with Gasteiger partial charge in [-0.25, -0.2) is 0 Å². The first kappa shape index (κ1) is 14.0. The predicted molar refractivity (Wildman–Crippen MR) is 78.7 cm³/mol. The fourth-order valence-corrected chi connectivity index (χ4v) is 3.41. The summed E-state index contributed by atoms with van der Waals surface area (Å²) in [5.74, 6) is 0. The van der Waals surface area contributed by atoms with Crippen molar-refractivity contribution in [3.63, 3.8) is 0 Å². The number of hydrogen-bond donors (Lipinski definition) is 1. The summed E-state index contributed by atoms with van der Waals surface area (Å²) in [4.78, 5) is 0. The van der Waals surface area contributed by atoms with Crippen LogP contribution in [0.15, 0.2) is 28.7 Å². The number of hydrogen-bond acceptors (Lipinski definition) is 2. The van der Waals surface area contributed by atoms with Gasteiger partial charge in [-0.15, -0.1) is 0 Å². The molecular formula is C15H22BrNO. The van der Waals surface area contributed by atoms with Crippen molar-refractivity contribution < 1.29 is 4.74 Å². The van der Waals surface area contributed by atoms with Gasteiger partial charge in [0.15, 0.2) is 0 Å². The molecule has 2 nitrogen and oxygen atoms in total. The smallest absolute Gasteiger partial charge is 0.0586 e. The van der Waals surface area contributed by atoms with Crippen LogP contribution < -0.4 is 5.32 Å². The molecule has 3 heteroatoms. The summed E-state index contributed by atoms with van der Waals surface area (Å²) < 4.78 is 6.67. The molecule has 1 aliphatic carbocycles. The van der Waals surface area contributed by atoms with E-state index in [2.05, 4.69) is 52.4 Å². The first-order valence-corrected chi connectivity index (χ1v) is 7.53. The van der Waals surface area contributed by atoms with Gasteiger partial charge in [-0.05, 0) is 44.2 Å². The molecule has 0 aliphatic heterocycles. The van der Waals surface area contributed by atoms with Crippen LogP contribution >= 0.6 is 15.9 Å². The van der Waals surface area contributed by atoms with Crippen LogP contribution in [0.2, 0.25) is 0 Å². The molecule has 0 radical (unpaired) electrons. The fraction of sp³-hybridized carbons (Fsp3) is 0.600. The summed E-state index contributed by atoms with van der Waals surface area (Å²) >= 11 is 3.62. The van der Waals surface area contributed by atoms with Crippen LogP contribution in [0.25, 0.3) is 0 Å². The quantitative estimate of drug-likeness (QED) is 0.905. The summed E-state index contributed by atoms with van der Waals surface area (Å²) in [6, 6.07) is 9.39. The number of methoxy groups -OCH3 is 1. The third kappa shape index (κ3) is 3.56. The summed E-state index contributed by atoms with van der Waals surface area (Å²) in [6.45, 7) is 2.23. The number of nitrogens with one attached hydrogen (secondary N) is 1. The average Bonchev–Trinajstić information content (AvgIpc) is 2.39. The van der Waals surface area contributed by atoms with Crippen molar-refractivity contribution >= 4 is 15.9 Å². The Morgan fingerprint density at radius 3 is 2.83 bits per heavy atom. The minimum atomic E-state index is 0.376. The molecule has 0 heterocycles. The van der Waals surface area contributed by atoms with Crippen LogP contribution in [-0.2, 0) is 4.74 Å². The van der Waals surface area contributed by atoms with Crippen LogP contribution in [-0.4, -0.2) is 19.3 Å². The Bertz CT molecular complexity index is 383. The Morgan fingerprint density at radius 1 is 1.33 bits per heavy atom. The molecule has 0 saturated heterocycles. The van der Waals surface area contributed by atoms with Gasteiger partial charge in [-0.2, -0.15) is 0 Å². The molecule has 0 aromatic heterocycles. The fourth-order valence-electron chi connectivity index (χ4n) is 2.78. The molecule has 1 N–H and O–H groups in total. The molecule has 1 saturated carbocycles. The predicted octanol–water partition coefficient (Wildman–Crippen LogP) is 4.06. The molecule has 3 atom stereocenters. The lowest BCUT2D eigenvalue weighted by molar-refractivity contribution is 0.0572. The monoisotopic (exact) mass is 311 g/mol. The number of rotatable bonds is 4. The Morgan fingerprint density at radius 2 is 2.11 bits per heavy atom. The van der Waals surface area contributed by atoms with Crippen LogP contribution in [0, 0.1) is 0 Å². The topological polar surface area (TPSA) is 21.3 Å². The molecule has 100 valence electrons. The van der Waals surface area contributed by atoms with Crippen molar-refractivity contribution in [2.75, 3.05) is 7.11 Å². The van der Waals surface area contributed by atoms with Gasteiger partial charge in [-0.3, -0.25) is 0 Å². The summed E-state index contributed by atoms with van der Waals surface area (Å²) in [7, 11) is 1.82. The zero-order chi connectivity index (χ0) is 13.0. The summed E-state index contributed by atoms with van der Waals surface area (Å²) in [5.41, 5.74) is 1.33. The lowest BCUT2D eigenvalue weighted by Crippen LogP contribution is -2.38. The highest BCUT2D eigenvalue weighted by atomic mass is 79.9. The highest BCUT2D eigenvalue weighted by Crippen LogP contribution is 2.26. The van der Waals surface area contributed by atoms with Crippen molar-refractivity contribution in [2.45, 2.75) is 50.8 Å². The molecule has 0 amide bonds. The van der Waals surface area contributed by atoms with Crippen molar-refractivity contribution in [1.82, 2.24) is 5.32 Å². The van der Waals surface area contributed by atoms with E-state index in [4.69, 9.17) is 4.74 Å². The maximum absolute atomic E-state index is 5.48. The van der Waals surface area contributed by atoms with E-state index >= 15 is 0 Å². The molecular weight excluding hydrogens is 290 g/mol. The van der Waals surface area contributed by atoms with Gasteiger partial charge in [0.25, 0.3) is 0 Å². The Hall–Kier alpha value is -0.380. The molecule has 2 rings (SSSR count). The van der Waals surface area contributed by atoms with E-state index < -0.39 is 0 Å². The van der Waals surface area contributed by atoms with Gasteiger partial charge in [0, 0.05) is 23.7 Å². The maximum atomic E-state index is 5.48. The second kappa shape index (κ2) is 6.69. The maximum Gasteiger partial charge on any atom is 0.0586 e. The zero-order valence-electron chi connectivity index (χ0n) is 11.2. The number of halogens is 1. The van der Waals surface area contributed by atoms with Crippen molar-refractivity contribution in [2.24, 2.45) is 0 Å². The lowest BCUT2D eigenvalue weighted by atomic mass is 9.92. The number of ether oxygens (including phenoxy) is 1. The Balaban J connectivity index is 1.95. The van der Waals surface area contributed by atoms with Gasteiger partial charge in [-0.1, -0.05) is 34.1 Å². The van der Waals surface area contributed by atoms with Gasteiger partial charge in [0.2, 0.25) is 0 Å². The van der Waals surface area contributed by atoms with Crippen LogP contribution in [0.1, 0.15) is 44.2 Å². The molecule has 1 aromatic carbocycles. The minimum Gasteiger partial charge on any atom is -0.381 e. The van der Waals surface area contributed by atoms with Crippen molar-refractivity contribution in [3.05, 3.63) is 34.3 Å². The first-order chi connectivity index (χ1) is 8.70.